The van der Waals surface area contributed by atoms with E-state index in [1.807, 2.05) is 0 Å². The van der Waals surface area contributed by atoms with Crippen molar-refractivity contribution in [2.45, 2.75) is 63.2 Å². The Labute approximate surface area is 353 Å². The molecular weight excluding hydrogens is 798 g/mol. The second-order valence-electron chi connectivity index (χ2n) is 12.0. The molecule has 2 aromatic heterocycles. The molecule has 24 nitrogen and oxygen atoms in total. The van der Waals surface area contributed by atoms with Crippen LogP contribution in [0.15, 0.2) is 29.6 Å². The molecule has 9 unspecified atom stereocenters. The summed E-state index contributed by atoms with van der Waals surface area (Å²) in [6, 6.07) is 3.24. The van der Waals surface area contributed by atoms with Gasteiger partial charge in [-0.3, -0.25) is 18.8 Å². The van der Waals surface area contributed by atoms with Crippen LogP contribution in [0.5, 0.6) is 5.88 Å². The van der Waals surface area contributed by atoms with E-state index in [4.69, 9.17) is 10.5 Å². The number of fused-ring (bicyclic) bond motifs is 3. The third kappa shape index (κ3) is 9.78. The predicted molar refractivity (Wildman–Crippen MR) is 170 cm³/mol. The molecule has 55 heavy (non-hydrogen) atoms. The Morgan fingerprint density at radius 2 is 1.64 bits per heavy atom. The molecule has 1 aromatic carbocycles. The number of phosphoric ester groups is 2. The van der Waals surface area contributed by atoms with Gasteiger partial charge in [-0.25, -0.2) is 29.0 Å². The zero-order valence-electron chi connectivity index (χ0n) is 29.3. The molecule has 1 fully saturated rings. The Kier molecular flexibility index (Phi) is 14.7. The van der Waals surface area contributed by atoms with Gasteiger partial charge in [0, 0.05) is 0 Å². The van der Waals surface area contributed by atoms with Crippen LogP contribution in [-0.4, -0.2) is 114 Å². The number of hydrogen-bond donors (Lipinski definition) is 6. The van der Waals surface area contributed by atoms with Crippen molar-refractivity contribution >= 4 is 43.7 Å². The van der Waals surface area contributed by atoms with Gasteiger partial charge in [0.2, 0.25) is 0 Å². The Morgan fingerprint density at radius 1 is 0.964 bits per heavy atom. The number of hydrogen-bond acceptors (Lipinski definition) is 21. The minimum absolute atomic E-state index is 0. The van der Waals surface area contributed by atoms with Gasteiger partial charge >= 0.3 is 70.7 Å². The Balaban J connectivity index is 0.00000336. The molecule has 0 spiro atoms. The third-order valence-corrected chi connectivity index (χ3v) is 10.9. The normalized spacial score (nSPS) is 22.4. The monoisotopic (exact) mass is 828 g/mol. The number of aryl methyl sites for hydroxylation is 2. The Hall–Kier alpha value is -2.13. The second kappa shape index (κ2) is 17.8. The number of aliphatic hydroxyl groups is 5. The van der Waals surface area contributed by atoms with Crippen molar-refractivity contribution in [2.24, 2.45) is 0 Å². The van der Waals surface area contributed by atoms with Crippen LogP contribution in [0.25, 0.3) is 33.7 Å². The fraction of sp³-hybridized carbons (Fsp3) is 0.444. The van der Waals surface area contributed by atoms with Crippen molar-refractivity contribution in [3.05, 3.63) is 46.4 Å². The molecule has 1 radical (unpaired) electrons. The molecule has 3 aromatic rings. The van der Waals surface area contributed by atoms with Crippen LogP contribution in [0.3, 0.4) is 0 Å². The fourth-order valence-electron chi connectivity index (χ4n) is 5.51. The smallest absolute Gasteiger partial charge is 0.756 e. The number of benzene rings is 1. The third-order valence-electron chi connectivity index (χ3n) is 8.34. The SMILES string of the molecule is Cc1cc2nc3c([O])nc(=O)nc-3n(CC(O)C(O)C(O)COP(=O)([O-])OP(=O)([O-])OCC3OC(n4cnc5c(N)ncnc54)C(O)C3O)c2cc1C.[Na+].[Na+]. The first kappa shape index (κ1) is 45.6. The van der Waals surface area contributed by atoms with E-state index in [2.05, 4.69) is 43.3 Å². The van der Waals surface area contributed by atoms with Crippen LogP contribution >= 0.6 is 15.6 Å². The zero-order valence-corrected chi connectivity index (χ0v) is 35.1. The maximum absolute atomic E-state index is 12.4. The van der Waals surface area contributed by atoms with Crippen LogP contribution in [0.4, 0.5) is 5.82 Å². The molecule has 1 saturated heterocycles. The van der Waals surface area contributed by atoms with E-state index in [-0.39, 0.29) is 98.6 Å². The van der Waals surface area contributed by atoms with E-state index < -0.39 is 89.8 Å². The quantitative estimate of drug-likeness (QED) is 0.0364. The second-order valence-corrected chi connectivity index (χ2v) is 14.9. The molecule has 5 heterocycles. The Bertz CT molecular complexity index is 2300. The fourth-order valence-corrected chi connectivity index (χ4v) is 7.53. The summed E-state index contributed by atoms with van der Waals surface area (Å²) < 4.78 is 45.6. The van der Waals surface area contributed by atoms with Crippen LogP contribution in [0, 0.1) is 13.8 Å². The number of imidazole rings is 1. The summed E-state index contributed by atoms with van der Waals surface area (Å²) in [4.78, 5) is 59.7. The van der Waals surface area contributed by atoms with E-state index in [1.54, 1.807) is 26.0 Å². The van der Waals surface area contributed by atoms with Crippen molar-refractivity contribution < 1.29 is 127 Å². The number of aromatic nitrogens is 8. The number of ether oxygens (including phenoxy) is 1. The van der Waals surface area contributed by atoms with Crippen LogP contribution in [0.2, 0.25) is 0 Å². The molecule has 9 atom stereocenters. The molecule has 3 aliphatic heterocycles. The number of nitrogens with zero attached hydrogens (tertiary/aromatic N) is 8. The van der Waals surface area contributed by atoms with E-state index >= 15 is 0 Å². The summed E-state index contributed by atoms with van der Waals surface area (Å²) in [5.74, 6) is -1.27. The minimum Gasteiger partial charge on any atom is -0.756 e. The first-order valence-electron chi connectivity index (χ1n) is 15.3. The van der Waals surface area contributed by atoms with Gasteiger partial charge in [0.25, 0.3) is 15.6 Å². The van der Waals surface area contributed by atoms with E-state index in [0.717, 1.165) is 17.5 Å². The maximum atomic E-state index is 12.4. The predicted octanol–water partition coefficient (Wildman–Crippen LogP) is -8.83. The summed E-state index contributed by atoms with van der Waals surface area (Å²) in [6.07, 6.45) is -10.3. The van der Waals surface area contributed by atoms with E-state index in [0.29, 0.717) is 0 Å². The average molecular weight is 829 g/mol. The van der Waals surface area contributed by atoms with Gasteiger partial charge < -0.3 is 59.4 Å². The number of rotatable bonds is 13. The van der Waals surface area contributed by atoms with Crippen molar-refractivity contribution in [3.8, 4) is 17.4 Å². The van der Waals surface area contributed by atoms with Crippen LogP contribution in [0.1, 0.15) is 17.4 Å². The van der Waals surface area contributed by atoms with Gasteiger partial charge in [0.1, 0.15) is 48.5 Å². The van der Waals surface area contributed by atoms with Gasteiger partial charge in [-0.15, -0.1) is 4.98 Å². The molecule has 3 aliphatic rings. The summed E-state index contributed by atoms with van der Waals surface area (Å²) in [7, 11) is -11.7. The molecule has 0 aliphatic carbocycles. The van der Waals surface area contributed by atoms with Crippen molar-refractivity contribution in [3.63, 3.8) is 0 Å². The number of phosphoric acid groups is 2. The first-order valence-corrected chi connectivity index (χ1v) is 18.3. The van der Waals surface area contributed by atoms with Crippen molar-refractivity contribution in [2.75, 3.05) is 18.9 Å². The van der Waals surface area contributed by atoms with Crippen molar-refractivity contribution in [1.29, 1.82) is 0 Å². The standard InChI is InChI=1S/C27H32N9O15P2.2Na/c1-10-3-12-13(4-11(10)2)35(24-18(32-12)25(42)34-27(43)33-24)5-14(37)19(39)15(38)6-48-52(44,45)51-53(46,47)49-7-16-20(40)21(41)26(50-16)36-9-31-17-22(28)29-8-30-23(17)36;;/h3-4,8-9,14-16,19-21,26,37-41H,5-7H2,1-2H3,(H,44,45)(H,46,47)(H2,28,29,30);;/q;2*+1/p-2. The molecular formula is C27H30N9Na2O15P2. The van der Waals surface area contributed by atoms with Gasteiger partial charge in [-0.1, -0.05) is 0 Å². The van der Waals surface area contributed by atoms with Gasteiger partial charge in [0.05, 0.1) is 37.1 Å². The summed E-state index contributed by atoms with van der Waals surface area (Å²) in [5, 5.41) is 65.3. The number of aliphatic hydroxyl groups excluding tert-OH is 5. The molecule has 0 amide bonds. The minimum atomic E-state index is -5.86. The molecule has 7 N–H and O–H groups in total. The molecule has 285 valence electrons. The molecule has 0 saturated carbocycles. The topological polar surface area (TPSA) is 369 Å². The van der Waals surface area contributed by atoms with Crippen LogP contribution < -0.4 is 80.3 Å². The first-order chi connectivity index (χ1) is 24.9. The summed E-state index contributed by atoms with van der Waals surface area (Å²) in [5.41, 5.74) is 6.61. The number of nitrogen functional groups attached to an aromatic ring is 1. The molecule has 28 heteroatoms. The number of anilines is 1. The van der Waals surface area contributed by atoms with Gasteiger partial charge in [0.15, 0.2) is 29.2 Å². The summed E-state index contributed by atoms with van der Waals surface area (Å²) in [6.45, 7) is 0.535. The largest absolute Gasteiger partial charge is 1.00 e. The van der Waals surface area contributed by atoms with E-state index in [1.165, 1.54) is 15.5 Å². The van der Waals surface area contributed by atoms with Gasteiger partial charge in [-0.05, 0) is 37.1 Å². The Morgan fingerprint density at radius 3 is 2.35 bits per heavy atom. The van der Waals surface area contributed by atoms with Crippen molar-refractivity contribution in [1.82, 2.24) is 39.0 Å². The summed E-state index contributed by atoms with van der Waals surface area (Å²) >= 11 is 0. The molecule has 6 rings (SSSR count). The maximum Gasteiger partial charge on any atom is 1.00 e. The zero-order chi connectivity index (χ0) is 38.6. The van der Waals surface area contributed by atoms with Crippen LogP contribution in [-0.2, 0) is 38.9 Å². The van der Waals surface area contributed by atoms with Gasteiger partial charge in [-0.2, -0.15) is 4.98 Å². The average Bonchev–Trinajstić information content (AvgIpc) is 3.63. The molecule has 0 bridgehead atoms. The van der Waals surface area contributed by atoms with E-state index in [9.17, 15) is 54.4 Å². The number of nitrogens with two attached hydrogens (primary N) is 1.